The molecule has 0 atom stereocenters. The lowest BCUT2D eigenvalue weighted by Crippen LogP contribution is -2.44. The molecule has 0 spiro atoms. The molecule has 0 aliphatic carbocycles. The molecule has 10 heteroatoms. The summed E-state index contributed by atoms with van der Waals surface area (Å²) in [5, 5.41) is 2.84. The number of H-pyrrole nitrogens is 1. The molecule has 0 fully saturated rings. The molecular formula is C30H34N6O4. The molecule has 2 N–H and O–H groups in total. The third-order valence-corrected chi connectivity index (χ3v) is 7.06. The number of aromatic amines is 1. The Balaban J connectivity index is 1.64. The highest BCUT2D eigenvalue weighted by Gasteiger charge is 2.23. The van der Waals surface area contributed by atoms with Crippen LogP contribution in [0.2, 0.25) is 0 Å². The summed E-state index contributed by atoms with van der Waals surface area (Å²) in [5.41, 5.74) is 7.11. The highest BCUT2D eigenvalue weighted by atomic mass is 16.5. The topological polar surface area (TPSA) is 116 Å². The Morgan fingerprint density at radius 3 is 2.58 bits per heavy atom. The maximum absolute atomic E-state index is 14.0. The number of methoxy groups -OCH3 is 1. The zero-order chi connectivity index (χ0) is 28.4. The average Bonchev–Trinajstić information content (AvgIpc) is 3.47. The van der Waals surface area contributed by atoms with Crippen LogP contribution >= 0.6 is 0 Å². The van der Waals surface area contributed by atoms with Gasteiger partial charge < -0.3 is 19.8 Å². The van der Waals surface area contributed by atoms with Gasteiger partial charge in [-0.25, -0.2) is 14.8 Å². The van der Waals surface area contributed by atoms with Gasteiger partial charge in [-0.1, -0.05) is 17.7 Å². The van der Waals surface area contributed by atoms with E-state index in [0.29, 0.717) is 36.6 Å². The Kier molecular flexibility index (Phi) is 7.59. The van der Waals surface area contributed by atoms with Gasteiger partial charge in [0.2, 0.25) is 0 Å². The van der Waals surface area contributed by atoms with Crippen LogP contribution in [-0.2, 0) is 19.5 Å². The van der Waals surface area contributed by atoms with Crippen LogP contribution in [0.5, 0.6) is 11.5 Å². The molecule has 2 aromatic carbocycles. The van der Waals surface area contributed by atoms with Crippen molar-refractivity contribution >= 4 is 11.6 Å². The lowest BCUT2D eigenvalue weighted by molar-refractivity contribution is 0.0942. The zero-order valence-electron chi connectivity index (χ0n) is 23.5. The molecule has 0 saturated heterocycles. The number of ether oxygens (including phenoxy) is 2. The van der Waals surface area contributed by atoms with Gasteiger partial charge in [0.05, 0.1) is 25.1 Å². The van der Waals surface area contributed by atoms with E-state index in [0.717, 1.165) is 39.2 Å². The van der Waals surface area contributed by atoms with Crippen LogP contribution in [0.4, 0.5) is 5.69 Å². The summed E-state index contributed by atoms with van der Waals surface area (Å²) in [6, 6.07) is 10.1. The van der Waals surface area contributed by atoms with Crippen LogP contribution in [0.15, 0.2) is 52.5 Å². The predicted octanol–water partition coefficient (Wildman–Crippen LogP) is 3.59. The molecule has 5 rings (SSSR count). The van der Waals surface area contributed by atoms with Crippen LogP contribution in [0.25, 0.3) is 11.3 Å². The van der Waals surface area contributed by atoms with Crippen molar-refractivity contribution in [2.24, 2.45) is 4.99 Å². The van der Waals surface area contributed by atoms with E-state index in [1.165, 1.54) is 6.20 Å². The minimum Gasteiger partial charge on any atom is -0.493 e. The van der Waals surface area contributed by atoms with E-state index in [-0.39, 0.29) is 30.5 Å². The van der Waals surface area contributed by atoms with E-state index in [9.17, 15) is 9.59 Å². The number of carbonyl (C=O) groups is 1. The Bertz CT molecular complexity index is 1680. The number of fused-ring (bicyclic) bond motifs is 3. The van der Waals surface area contributed by atoms with Gasteiger partial charge in [0, 0.05) is 43.7 Å². The van der Waals surface area contributed by atoms with E-state index in [4.69, 9.17) is 14.5 Å². The summed E-state index contributed by atoms with van der Waals surface area (Å²) < 4.78 is 14.8. The van der Waals surface area contributed by atoms with Crippen molar-refractivity contribution in [1.29, 1.82) is 0 Å². The van der Waals surface area contributed by atoms with Gasteiger partial charge in [0.1, 0.15) is 5.49 Å². The van der Waals surface area contributed by atoms with Gasteiger partial charge in [0.15, 0.2) is 17.3 Å². The van der Waals surface area contributed by atoms with E-state index >= 15 is 0 Å². The van der Waals surface area contributed by atoms with Crippen molar-refractivity contribution in [2.75, 3.05) is 20.3 Å². The Morgan fingerprint density at radius 2 is 1.90 bits per heavy atom. The number of nitrogens with one attached hydrogen (secondary N) is 2. The predicted molar refractivity (Wildman–Crippen MR) is 152 cm³/mol. The fraction of sp³-hybridized carbons (Fsp3) is 0.333. The molecule has 2 aromatic heterocycles. The van der Waals surface area contributed by atoms with Gasteiger partial charge in [-0.3, -0.25) is 13.9 Å². The normalized spacial score (nSPS) is 12.6. The number of benzene rings is 2. The number of imidazole rings is 1. The smallest absolute Gasteiger partial charge is 0.330 e. The Labute approximate surface area is 232 Å². The van der Waals surface area contributed by atoms with Gasteiger partial charge in [-0.15, -0.1) is 0 Å². The molecule has 4 aromatic rings. The standard InChI is InChI=1S/C30H34N6O4/c1-6-40-25-15-21-7-11-35-23(22(21)16-24(25)39-5)17-26(34-27-19(3)13-18(2)14-20(27)4)36(30(35)38)12-10-33-29(37)28-31-8-9-32-28/h8-9,13-17H,6-7,10-12H2,1-5H3,(H,31,32)(H,33,37). The van der Waals surface area contributed by atoms with Crippen LogP contribution < -0.4 is 26.0 Å². The Hall–Kier alpha value is -4.60. The third kappa shape index (κ3) is 5.16. The van der Waals surface area contributed by atoms with E-state index in [2.05, 4.69) is 34.3 Å². The number of amides is 1. The van der Waals surface area contributed by atoms with E-state index in [1.807, 2.05) is 39.0 Å². The van der Waals surface area contributed by atoms with Gasteiger partial charge >= 0.3 is 5.69 Å². The van der Waals surface area contributed by atoms with E-state index in [1.54, 1.807) is 22.4 Å². The first-order valence-electron chi connectivity index (χ1n) is 13.4. The van der Waals surface area contributed by atoms with Crippen molar-refractivity contribution in [3.8, 4) is 22.8 Å². The molecule has 10 nitrogen and oxygen atoms in total. The van der Waals surface area contributed by atoms with Crippen LogP contribution in [0.1, 0.15) is 39.8 Å². The second-order valence-electron chi connectivity index (χ2n) is 9.87. The maximum atomic E-state index is 14.0. The Morgan fingerprint density at radius 1 is 1.12 bits per heavy atom. The number of nitrogens with zero attached hydrogens (tertiary/aromatic N) is 4. The van der Waals surface area contributed by atoms with Crippen LogP contribution in [0.3, 0.4) is 0 Å². The first-order chi connectivity index (χ1) is 19.3. The molecule has 3 heterocycles. The van der Waals surface area contributed by atoms with Crippen molar-refractivity contribution < 1.29 is 14.3 Å². The quantitative estimate of drug-likeness (QED) is 0.353. The highest BCUT2D eigenvalue weighted by Crippen LogP contribution is 2.37. The zero-order valence-corrected chi connectivity index (χ0v) is 23.5. The molecule has 1 aliphatic heterocycles. The third-order valence-electron chi connectivity index (χ3n) is 7.06. The minimum absolute atomic E-state index is 0.190. The minimum atomic E-state index is -0.335. The fourth-order valence-corrected chi connectivity index (χ4v) is 5.29. The molecule has 1 amide bonds. The first kappa shape index (κ1) is 27.0. The van der Waals surface area contributed by atoms with Crippen molar-refractivity contribution in [1.82, 2.24) is 24.4 Å². The number of hydrogen-bond donors (Lipinski definition) is 2. The largest absolute Gasteiger partial charge is 0.493 e. The maximum Gasteiger partial charge on any atom is 0.330 e. The average molecular weight is 543 g/mol. The van der Waals surface area contributed by atoms with Crippen molar-refractivity contribution in [3.05, 3.63) is 86.8 Å². The highest BCUT2D eigenvalue weighted by molar-refractivity contribution is 5.90. The number of aryl methyl sites for hydroxylation is 4. The number of rotatable bonds is 8. The molecule has 0 saturated carbocycles. The SMILES string of the molecule is CCOc1cc2c(cc1OC)-c1cc(=Nc3c(C)cc(C)cc3C)n(CCNC(=O)c3ncc[nH]3)c(=O)n1CC2. The van der Waals surface area contributed by atoms with Crippen LogP contribution in [0, 0.1) is 20.8 Å². The summed E-state index contributed by atoms with van der Waals surface area (Å²) >= 11 is 0. The summed E-state index contributed by atoms with van der Waals surface area (Å²) in [6.07, 6.45) is 3.79. The molecule has 0 bridgehead atoms. The fourth-order valence-electron chi connectivity index (χ4n) is 5.29. The summed E-state index contributed by atoms with van der Waals surface area (Å²) in [5.74, 6) is 1.19. The van der Waals surface area contributed by atoms with Crippen LogP contribution in [-0.4, -0.2) is 45.3 Å². The summed E-state index contributed by atoms with van der Waals surface area (Å²) in [6.45, 7) is 9.55. The monoisotopic (exact) mass is 542 g/mol. The number of carbonyl (C=O) groups excluding carboxylic acids is 1. The van der Waals surface area contributed by atoms with Gasteiger partial charge in [-0.05, 0) is 62.9 Å². The summed E-state index contributed by atoms with van der Waals surface area (Å²) in [7, 11) is 1.61. The molecule has 40 heavy (non-hydrogen) atoms. The second kappa shape index (κ2) is 11.3. The van der Waals surface area contributed by atoms with Gasteiger partial charge in [0.25, 0.3) is 5.91 Å². The van der Waals surface area contributed by atoms with Crippen molar-refractivity contribution in [2.45, 2.75) is 47.2 Å². The van der Waals surface area contributed by atoms with E-state index < -0.39 is 0 Å². The van der Waals surface area contributed by atoms with Crippen molar-refractivity contribution in [3.63, 3.8) is 0 Å². The molecule has 1 aliphatic rings. The molecule has 0 radical (unpaired) electrons. The lowest BCUT2D eigenvalue weighted by Gasteiger charge is -2.25. The number of hydrogen-bond acceptors (Lipinski definition) is 6. The molecule has 208 valence electrons. The van der Waals surface area contributed by atoms with Gasteiger partial charge in [-0.2, -0.15) is 0 Å². The lowest BCUT2D eigenvalue weighted by atomic mass is 9.97. The second-order valence-corrected chi connectivity index (χ2v) is 9.87. The number of aromatic nitrogens is 4. The first-order valence-corrected chi connectivity index (χ1v) is 13.4. The molecule has 0 unspecified atom stereocenters. The summed E-state index contributed by atoms with van der Waals surface area (Å²) in [4.78, 5) is 38.2. The molecular weight excluding hydrogens is 508 g/mol.